The number of benzene rings is 2. The maximum Gasteiger partial charge on any atom is 0.224 e. The van der Waals surface area contributed by atoms with Gasteiger partial charge in [0.15, 0.2) is 0 Å². The van der Waals surface area contributed by atoms with Gasteiger partial charge in [0, 0.05) is 34.6 Å². The number of rotatable bonds is 6. The molecule has 4 rings (SSSR count). The van der Waals surface area contributed by atoms with Crippen LogP contribution >= 0.6 is 11.6 Å². The summed E-state index contributed by atoms with van der Waals surface area (Å²) >= 11 is 5.93. The lowest BCUT2D eigenvalue weighted by atomic mass is 10.1. The first-order valence-electron chi connectivity index (χ1n) is 9.68. The first-order valence-corrected chi connectivity index (χ1v) is 10.1. The standard InChI is InChI=1S/C23H22ClN5O/c1-16-22(17(2)29(27-16)21-6-4-3-5-7-21)12-23(30)25-13-18-14-26-28(15-18)20-10-8-19(24)9-11-20/h3-11,14-15H,12-13H2,1-2H3,(H,25,30). The molecular formula is C23H22ClN5O. The predicted molar refractivity (Wildman–Crippen MR) is 117 cm³/mol. The van der Waals surface area contributed by atoms with Crippen molar-refractivity contribution in [3.8, 4) is 11.4 Å². The molecule has 152 valence electrons. The fourth-order valence-electron chi connectivity index (χ4n) is 3.36. The van der Waals surface area contributed by atoms with E-state index in [9.17, 15) is 4.79 Å². The van der Waals surface area contributed by atoms with E-state index in [0.717, 1.165) is 33.9 Å². The number of nitrogens with one attached hydrogen (secondary N) is 1. The van der Waals surface area contributed by atoms with Gasteiger partial charge >= 0.3 is 0 Å². The number of aryl methyl sites for hydroxylation is 1. The minimum absolute atomic E-state index is 0.0481. The van der Waals surface area contributed by atoms with Crippen LogP contribution in [0.4, 0.5) is 0 Å². The van der Waals surface area contributed by atoms with Crippen LogP contribution in [0, 0.1) is 13.8 Å². The first kappa shape index (κ1) is 19.9. The molecule has 0 aliphatic carbocycles. The summed E-state index contributed by atoms with van der Waals surface area (Å²) in [4.78, 5) is 12.6. The van der Waals surface area contributed by atoms with E-state index in [2.05, 4.69) is 15.5 Å². The monoisotopic (exact) mass is 419 g/mol. The molecule has 2 heterocycles. The van der Waals surface area contributed by atoms with Crippen molar-refractivity contribution in [3.63, 3.8) is 0 Å². The van der Waals surface area contributed by atoms with Crippen molar-refractivity contribution in [3.05, 3.63) is 94.5 Å². The van der Waals surface area contributed by atoms with Gasteiger partial charge in [0.05, 0.1) is 29.7 Å². The van der Waals surface area contributed by atoms with Gasteiger partial charge in [-0.15, -0.1) is 0 Å². The summed E-state index contributed by atoms with van der Waals surface area (Å²) in [7, 11) is 0. The molecule has 2 aromatic heterocycles. The van der Waals surface area contributed by atoms with Crippen molar-refractivity contribution in [2.45, 2.75) is 26.8 Å². The summed E-state index contributed by atoms with van der Waals surface area (Å²) in [6.45, 7) is 4.34. The zero-order chi connectivity index (χ0) is 21.1. The second kappa shape index (κ2) is 8.55. The number of para-hydroxylation sites is 1. The summed E-state index contributed by atoms with van der Waals surface area (Å²) < 4.78 is 3.64. The SMILES string of the molecule is Cc1nn(-c2ccccc2)c(C)c1CC(=O)NCc1cnn(-c2ccc(Cl)cc2)c1. The average Bonchev–Trinajstić information content (AvgIpc) is 3.34. The van der Waals surface area contributed by atoms with Crippen LogP contribution in [0.3, 0.4) is 0 Å². The Morgan fingerprint density at radius 2 is 1.77 bits per heavy atom. The summed E-state index contributed by atoms with van der Waals surface area (Å²) in [5.41, 5.74) is 5.61. The van der Waals surface area contributed by atoms with Gasteiger partial charge in [-0.3, -0.25) is 4.79 Å². The number of aromatic nitrogens is 4. The molecule has 0 radical (unpaired) electrons. The molecule has 0 spiro atoms. The zero-order valence-electron chi connectivity index (χ0n) is 16.8. The smallest absolute Gasteiger partial charge is 0.224 e. The number of nitrogens with zero attached hydrogens (tertiary/aromatic N) is 4. The van der Waals surface area contributed by atoms with Gasteiger partial charge in [-0.2, -0.15) is 10.2 Å². The summed E-state index contributed by atoms with van der Waals surface area (Å²) in [6, 6.07) is 17.4. The highest BCUT2D eigenvalue weighted by molar-refractivity contribution is 6.30. The topological polar surface area (TPSA) is 64.7 Å². The van der Waals surface area contributed by atoms with Crippen LogP contribution in [0.15, 0.2) is 67.0 Å². The van der Waals surface area contributed by atoms with E-state index >= 15 is 0 Å². The van der Waals surface area contributed by atoms with Crippen molar-refractivity contribution in [2.24, 2.45) is 0 Å². The van der Waals surface area contributed by atoms with E-state index in [1.807, 2.05) is 79.3 Å². The molecule has 30 heavy (non-hydrogen) atoms. The van der Waals surface area contributed by atoms with Gasteiger partial charge in [-0.05, 0) is 50.2 Å². The fourth-order valence-corrected chi connectivity index (χ4v) is 3.49. The minimum atomic E-state index is -0.0481. The molecule has 0 atom stereocenters. The molecule has 0 saturated carbocycles. The number of carbonyl (C=O) groups excluding carboxylic acids is 1. The number of hydrogen-bond acceptors (Lipinski definition) is 3. The van der Waals surface area contributed by atoms with E-state index in [0.29, 0.717) is 11.6 Å². The quantitative estimate of drug-likeness (QED) is 0.509. The van der Waals surface area contributed by atoms with Gasteiger partial charge in [-0.25, -0.2) is 9.36 Å². The predicted octanol–water partition coefficient (Wildman–Crippen LogP) is 4.19. The van der Waals surface area contributed by atoms with Gasteiger partial charge in [0.1, 0.15) is 0 Å². The fraction of sp³-hybridized carbons (Fsp3) is 0.174. The Kier molecular flexibility index (Phi) is 5.68. The molecule has 7 heteroatoms. The third-order valence-electron chi connectivity index (χ3n) is 5.00. The lowest BCUT2D eigenvalue weighted by Gasteiger charge is -2.06. The van der Waals surface area contributed by atoms with Gasteiger partial charge in [0.2, 0.25) is 5.91 Å². The Morgan fingerprint density at radius 1 is 1.03 bits per heavy atom. The van der Waals surface area contributed by atoms with Gasteiger partial charge in [0.25, 0.3) is 0 Å². The molecule has 1 amide bonds. The van der Waals surface area contributed by atoms with E-state index < -0.39 is 0 Å². The lowest BCUT2D eigenvalue weighted by Crippen LogP contribution is -2.24. The highest BCUT2D eigenvalue weighted by Gasteiger charge is 2.16. The lowest BCUT2D eigenvalue weighted by molar-refractivity contribution is -0.120. The Balaban J connectivity index is 1.40. The Morgan fingerprint density at radius 3 is 2.50 bits per heavy atom. The molecule has 0 unspecified atom stereocenters. The molecule has 0 fully saturated rings. The second-order valence-corrected chi connectivity index (χ2v) is 7.56. The van der Waals surface area contributed by atoms with Crippen molar-refractivity contribution in [1.29, 1.82) is 0 Å². The van der Waals surface area contributed by atoms with E-state index in [1.54, 1.807) is 10.9 Å². The minimum Gasteiger partial charge on any atom is -0.352 e. The molecule has 2 aromatic carbocycles. The van der Waals surface area contributed by atoms with E-state index in [1.165, 1.54) is 0 Å². The van der Waals surface area contributed by atoms with Crippen LogP contribution in [0.5, 0.6) is 0 Å². The molecular weight excluding hydrogens is 398 g/mol. The zero-order valence-corrected chi connectivity index (χ0v) is 17.6. The van der Waals surface area contributed by atoms with Crippen LogP contribution in [-0.4, -0.2) is 25.5 Å². The van der Waals surface area contributed by atoms with Crippen molar-refractivity contribution in [2.75, 3.05) is 0 Å². The van der Waals surface area contributed by atoms with Crippen LogP contribution in [-0.2, 0) is 17.8 Å². The van der Waals surface area contributed by atoms with Crippen molar-refractivity contribution < 1.29 is 4.79 Å². The number of hydrogen-bond donors (Lipinski definition) is 1. The molecule has 6 nitrogen and oxygen atoms in total. The van der Waals surface area contributed by atoms with E-state index in [4.69, 9.17) is 11.6 Å². The number of amides is 1. The Labute approximate surface area is 180 Å². The normalized spacial score (nSPS) is 10.9. The average molecular weight is 420 g/mol. The number of halogens is 1. The Bertz CT molecular complexity index is 1160. The van der Waals surface area contributed by atoms with Crippen molar-refractivity contribution >= 4 is 17.5 Å². The van der Waals surface area contributed by atoms with Gasteiger partial charge in [-0.1, -0.05) is 29.8 Å². The largest absolute Gasteiger partial charge is 0.352 e. The van der Waals surface area contributed by atoms with Crippen LogP contribution < -0.4 is 5.32 Å². The highest BCUT2D eigenvalue weighted by atomic mass is 35.5. The maximum atomic E-state index is 12.6. The highest BCUT2D eigenvalue weighted by Crippen LogP contribution is 2.18. The Hall–Kier alpha value is -3.38. The molecule has 0 bridgehead atoms. The summed E-state index contributed by atoms with van der Waals surface area (Å²) in [5.74, 6) is -0.0481. The first-order chi connectivity index (χ1) is 14.5. The molecule has 0 aliphatic rings. The van der Waals surface area contributed by atoms with Crippen LogP contribution in [0.1, 0.15) is 22.5 Å². The second-order valence-electron chi connectivity index (χ2n) is 7.12. The van der Waals surface area contributed by atoms with Crippen molar-refractivity contribution in [1.82, 2.24) is 24.9 Å². The summed E-state index contributed by atoms with van der Waals surface area (Å²) in [5, 5.41) is 12.6. The molecule has 4 aromatic rings. The molecule has 0 saturated heterocycles. The van der Waals surface area contributed by atoms with Crippen LogP contribution in [0.25, 0.3) is 11.4 Å². The van der Waals surface area contributed by atoms with Gasteiger partial charge < -0.3 is 5.32 Å². The van der Waals surface area contributed by atoms with Crippen LogP contribution in [0.2, 0.25) is 5.02 Å². The molecule has 1 N–H and O–H groups in total. The van der Waals surface area contributed by atoms with E-state index in [-0.39, 0.29) is 12.3 Å². The number of carbonyl (C=O) groups is 1. The third-order valence-corrected chi connectivity index (χ3v) is 5.25. The molecule has 0 aliphatic heterocycles. The summed E-state index contributed by atoms with van der Waals surface area (Å²) in [6.07, 6.45) is 3.93. The third kappa shape index (κ3) is 4.28. The maximum absolute atomic E-state index is 12.6.